The molecule has 0 radical (unpaired) electrons. The molecular weight excluding hydrogens is 274 g/mol. The van der Waals surface area contributed by atoms with E-state index in [2.05, 4.69) is 12.2 Å². The lowest BCUT2D eigenvalue weighted by Crippen LogP contribution is -2.18. The van der Waals surface area contributed by atoms with Crippen LogP contribution in [0.15, 0.2) is 42.5 Å². The molecule has 0 saturated carbocycles. The average molecular weight is 292 g/mol. The normalized spacial score (nSPS) is 12.2. The van der Waals surface area contributed by atoms with Crippen LogP contribution in [0.4, 0.5) is 0 Å². The summed E-state index contributed by atoms with van der Waals surface area (Å²) in [5.74, 6) is 1.09. The summed E-state index contributed by atoms with van der Waals surface area (Å²) in [5, 5.41) is 13.8. The number of hydrogen-bond acceptors (Lipinski definition) is 3. The Morgan fingerprint density at radius 3 is 2.75 bits per heavy atom. The molecule has 20 heavy (non-hydrogen) atoms. The van der Waals surface area contributed by atoms with Gasteiger partial charge in [-0.15, -0.1) is 0 Å². The molecule has 2 rings (SSSR count). The summed E-state index contributed by atoms with van der Waals surface area (Å²) in [6, 6.07) is 13.0. The third-order valence-corrected chi connectivity index (χ3v) is 3.48. The van der Waals surface area contributed by atoms with Gasteiger partial charge in [0, 0.05) is 28.7 Å². The summed E-state index contributed by atoms with van der Waals surface area (Å²) >= 11 is 5.94. The monoisotopic (exact) mass is 291 g/mol. The summed E-state index contributed by atoms with van der Waals surface area (Å²) in [7, 11) is 1.66. The molecule has 0 bridgehead atoms. The molecule has 0 aliphatic rings. The lowest BCUT2D eigenvalue weighted by atomic mass is 10.1. The molecule has 1 atom stereocenters. The maximum atomic E-state index is 9.80. The van der Waals surface area contributed by atoms with Crippen LogP contribution in [0.25, 0.3) is 0 Å². The van der Waals surface area contributed by atoms with Crippen molar-refractivity contribution in [1.82, 2.24) is 5.32 Å². The zero-order valence-corrected chi connectivity index (χ0v) is 12.3. The van der Waals surface area contributed by atoms with Gasteiger partial charge in [0.2, 0.25) is 0 Å². The lowest BCUT2D eigenvalue weighted by Gasteiger charge is -2.17. The van der Waals surface area contributed by atoms with E-state index in [1.54, 1.807) is 25.3 Å². The molecule has 0 aliphatic heterocycles. The van der Waals surface area contributed by atoms with Crippen molar-refractivity contribution in [1.29, 1.82) is 0 Å². The van der Waals surface area contributed by atoms with Gasteiger partial charge in [0.15, 0.2) is 0 Å². The molecule has 2 N–H and O–H groups in total. The first-order valence-electron chi connectivity index (χ1n) is 6.45. The Morgan fingerprint density at radius 2 is 2.00 bits per heavy atom. The van der Waals surface area contributed by atoms with E-state index in [9.17, 15) is 5.11 Å². The van der Waals surface area contributed by atoms with Gasteiger partial charge in [0.1, 0.15) is 11.5 Å². The number of halogens is 1. The van der Waals surface area contributed by atoms with E-state index in [1.807, 2.05) is 24.3 Å². The standard InChI is InChI=1S/C16H18ClNO2/c1-11(14-5-3-4-6-16(14)20-2)18-10-12-9-13(17)7-8-15(12)19/h3-9,11,18-19H,10H2,1-2H3/t11-/m0/s1. The summed E-state index contributed by atoms with van der Waals surface area (Å²) in [5.41, 5.74) is 1.86. The van der Waals surface area contributed by atoms with Gasteiger partial charge < -0.3 is 15.2 Å². The van der Waals surface area contributed by atoms with E-state index in [1.165, 1.54) is 0 Å². The summed E-state index contributed by atoms with van der Waals surface area (Å²) in [4.78, 5) is 0. The van der Waals surface area contributed by atoms with Crippen LogP contribution >= 0.6 is 11.6 Å². The Balaban J connectivity index is 2.08. The fourth-order valence-electron chi connectivity index (χ4n) is 2.09. The molecule has 2 aromatic carbocycles. The van der Waals surface area contributed by atoms with Gasteiger partial charge in [0.25, 0.3) is 0 Å². The van der Waals surface area contributed by atoms with Gasteiger partial charge in [-0.2, -0.15) is 0 Å². The van der Waals surface area contributed by atoms with Gasteiger partial charge in [-0.3, -0.25) is 0 Å². The van der Waals surface area contributed by atoms with Crippen molar-refractivity contribution >= 4 is 11.6 Å². The summed E-state index contributed by atoms with van der Waals surface area (Å²) in [6.45, 7) is 2.59. The van der Waals surface area contributed by atoms with Crippen molar-refractivity contribution < 1.29 is 9.84 Å². The summed E-state index contributed by atoms with van der Waals surface area (Å²) in [6.07, 6.45) is 0. The van der Waals surface area contributed by atoms with Crippen molar-refractivity contribution in [2.45, 2.75) is 19.5 Å². The van der Waals surface area contributed by atoms with E-state index in [-0.39, 0.29) is 11.8 Å². The highest BCUT2D eigenvalue weighted by Crippen LogP contribution is 2.26. The zero-order valence-electron chi connectivity index (χ0n) is 11.6. The second kappa shape index (κ2) is 6.64. The van der Waals surface area contributed by atoms with Crippen LogP contribution in [0.3, 0.4) is 0 Å². The van der Waals surface area contributed by atoms with Gasteiger partial charge >= 0.3 is 0 Å². The van der Waals surface area contributed by atoms with Crippen LogP contribution in [0.5, 0.6) is 11.5 Å². The van der Waals surface area contributed by atoms with Crippen LogP contribution in [0, 0.1) is 0 Å². The van der Waals surface area contributed by atoms with E-state index in [4.69, 9.17) is 16.3 Å². The number of ether oxygens (including phenoxy) is 1. The van der Waals surface area contributed by atoms with Gasteiger partial charge in [-0.25, -0.2) is 0 Å². The first-order valence-corrected chi connectivity index (χ1v) is 6.83. The first-order chi connectivity index (χ1) is 9.61. The zero-order chi connectivity index (χ0) is 14.5. The van der Waals surface area contributed by atoms with Crippen LogP contribution in [0.1, 0.15) is 24.1 Å². The van der Waals surface area contributed by atoms with Crippen LogP contribution in [0.2, 0.25) is 5.02 Å². The van der Waals surface area contributed by atoms with Crippen molar-refractivity contribution in [2.24, 2.45) is 0 Å². The second-order valence-corrected chi connectivity index (χ2v) is 5.05. The number of phenolic OH excluding ortho intramolecular Hbond substituents is 1. The number of rotatable bonds is 5. The van der Waals surface area contributed by atoms with E-state index >= 15 is 0 Å². The number of methoxy groups -OCH3 is 1. The maximum absolute atomic E-state index is 9.80. The molecule has 4 heteroatoms. The molecule has 3 nitrogen and oxygen atoms in total. The molecule has 106 valence electrons. The number of benzene rings is 2. The Labute approximate surface area is 124 Å². The molecule has 0 amide bonds. The quantitative estimate of drug-likeness (QED) is 0.878. The minimum Gasteiger partial charge on any atom is -0.508 e. The number of hydrogen-bond donors (Lipinski definition) is 2. The Hall–Kier alpha value is -1.71. The predicted molar refractivity (Wildman–Crippen MR) is 81.4 cm³/mol. The largest absolute Gasteiger partial charge is 0.508 e. The van der Waals surface area contributed by atoms with Gasteiger partial charge in [-0.1, -0.05) is 29.8 Å². The molecule has 0 fully saturated rings. The van der Waals surface area contributed by atoms with Gasteiger partial charge in [-0.05, 0) is 31.2 Å². The van der Waals surface area contributed by atoms with Crippen LogP contribution in [-0.2, 0) is 6.54 Å². The van der Waals surface area contributed by atoms with Crippen LogP contribution < -0.4 is 10.1 Å². The Bertz CT molecular complexity index is 586. The fraction of sp³-hybridized carbons (Fsp3) is 0.250. The number of aromatic hydroxyl groups is 1. The van der Waals surface area contributed by atoms with Crippen molar-refractivity contribution in [3.63, 3.8) is 0 Å². The molecular formula is C16H18ClNO2. The minimum atomic E-state index is 0.101. The van der Waals surface area contributed by atoms with E-state index in [0.29, 0.717) is 11.6 Å². The molecule has 0 heterocycles. The Kier molecular flexibility index (Phi) is 4.88. The van der Waals surface area contributed by atoms with Crippen molar-refractivity contribution in [3.05, 3.63) is 58.6 Å². The summed E-state index contributed by atoms with van der Waals surface area (Å²) < 4.78 is 5.35. The smallest absolute Gasteiger partial charge is 0.123 e. The molecule has 2 aromatic rings. The first kappa shape index (κ1) is 14.7. The third-order valence-electron chi connectivity index (χ3n) is 3.25. The fourth-order valence-corrected chi connectivity index (χ4v) is 2.29. The lowest BCUT2D eigenvalue weighted by molar-refractivity contribution is 0.401. The maximum Gasteiger partial charge on any atom is 0.123 e. The van der Waals surface area contributed by atoms with E-state index < -0.39 is 0 Å². The molecule has 0 saturated heterocycles. The van der Waals surface area contributed by atoms with Gasteiger partial charge in [0.05, 0.1) is 7.11 Å². The SMILES string of the molecule is COc1ccccc1[C@H](C)NCc1cc(Cl)ccc1O. The minimum absolute atomic E-state index is 0.101. The number of para-hydroxylation sites is 1. The van der Waals surface area contributed by atoms with Crippen molar-refractivity contribution in [2.75, 3.05) is 7.11 Å². The highest BCUT2D eigenvalue weighted by Gasteiger charge is 2.11. The highest BCUT2D eigenvalue weighted by molar-refractivity contribution is 6.30. The third kappa shape index (κ3) is 3.44. The Morgan fingerprint density at radius 1 is 1.25 bits per heavy atom. The molecule has 0 unspecified atom stereocenters. The topological polar surface area (TPSA) is 41.5 Å². The molecule has 0 spiro atoms. The van der Waals surface area contributed by atoms with E-state index in [0.717, 1.165) is 16.9 Å². The predicted octanol–water partition coefficient (Wildman–Crippen LogP) is 3.91. The van der Waals surface area contributed by atoms with Crippen LogP contribution in [-0.4, -0.2) is 12.2 Å². The second-order valence-electron chi connectivity index (χ2n) is 4.62. The number of nitrogens with one attached hydrogen (secondary N) is 1. The molecule has 0 aliphatic carbocycles. The number of phenols is 1. The average Bonchev–Trinajstić information content (AvgIpc) is 2.47. The van der Waals surface area contributed by atoms with Crippen molar-refractivity contribution in [3.8, 4) is 11.5 Å². The highest BCUT2D eigenvalue weighted by atomic mass is 35.5. The molecule has 0 aromatic heterocycles.